The van der Waals surface area contributed by atoms with Crippen molar-refractivity contribution in [1.82, 2.24) is 15.1 Å². The molecule has 0 N–H and O–H groups in total. The van der Waals surface area contributed by atoms with Crippen LogP contribution in [0.1, 0.15) is 17.0 Å². The van der Waals surface area contributed by atoms with Gasteiger partial charge < -0.3 is 4.52 Å². The second-order valence-corrected chi connectivity index (χ2v) is 7.41. The fourth-order valence-corrected chi connectivity index (χ4v) is 4.40. The Balaban J connectivity index is 1.72. The third-order valence-electron chi connectivity index (χ3n) is 3.73. The average molecular weight is 353 g/mol. The number of aryl methyl sites for hydroxylation is 2. The normalized spacial score (nSPS) is 11.2. The van der Waals surface area contributed by atoms with Crippen LogP contribution in [0.3, 0.4) is 0 Å². The molecule has 24 heavy (non-hydrogen) atoms. The van der Waals surface area contributed by atoms with Crippen molar-refractivity contribution in [3.63, 3.8) is 0 Å². The van der Waals surface area contributed by atoms with E-state index in [1.165, 1.54) is 16.7 Å². The number of hydrogen-bond acceptors (Lipinski definition) is 6. The number of rotatable bonds is 4. The Labute approximate surface area is 147 Å². The lowest BCUT2D eigenvalue weighted by molar-refractivity contribution is 0.393. The van der Waals surface area contributed by atoms with Crippen LogP contribution in [0.2, 0.25) is 0 Å². The Kier molecular flexibility index (Phi) is 4.08. The highest BCUT2D eigenvalue weighted by molar-refractivity contribution is 7.98. The van der Waals surface area contributed by atoms with Crippen molar-refractivity contribution in [1.29, 1.82) is 0 Å². The van der Waals surface area contributed by atoms with Gasteiger partial charge in [0.2, 0.25) is 0 Å². The van der Waals surface area contributed by atoms with Crippen LogP contribution in [-0.2, 0) is 5.75 Å². The third-order valence-corrected chi connectivity index (χ3v) is 5.64. The standard InChI is InChI=1S/C18H15N3OS2/c1-11-3-5-13(6-4-11)15-9-24-18-16(15)17(19-10-20-18)23-8-14-7-12(2)22-21-14/h3-7,9-10H,8H2,1-2H3. The molecule has 0 bridgehead atoms. The van der Waals surface area contributed by atoms with Crippen LogP contribution in [0.4, 0.5) is 0 Å². The minimum absolute atomic E-state index is 0.729. The summed E-state index contributed by atoms with van der Waals surface area (Å²) in [5.41, 5.74) is 4.57. The first-order valence-electron chi connectivity index (χ1n) is 7.55. The molecule has 4 aromatic rings. The van der Waals surface area contributed by atoms with Crippen molar-refractivity contribution in [3.8, 4) is 11.1 Å². The van der Waals surface area contributed by atoms with Gasteiger partial charge in [-0.05, 0) is 19.4 Å². The van der Waals surface area contributed by atoms with Crippen LogP contribution < -0.4 is 0 Å². The smallest absolute Gasteiger partial charge is 0.133 e. The molecule has 3 aromatic heterocycles. The first-order valence-corrected chi connectivity index (χ1v) is 9.41. The first kappa shape index (κ1) is 15.4. The number of fused-ring (bicyclic) bond motifs is 1. The van der Waals surface area contributed by atoms with Crippen LogP contribution in [-0.4, -0.2) is 15.1 Å². The predicted octanol–water partition coefficient (Wildman–Crippen LogP) is 5.26. The van der Waals surface area contributed by atoms with Gasteiger partial charge in [-0.1, -0.05) is 46.7 Å². The number of nitrogens with zero attached hydrogens (tertiary/aromatic N) is 3. The largest absolute Gasteiger partial charge is 0.361 e. The SMILES string of the molecule is Cc1ccc(-c2csc3ncnc(SCc4cc(C)on4)c23)cc1. The summed E-state index contributed by atoms with van der Waals surface area (Å²) in [6.07, 6.45) is 1.63. The number of hydrogen-bond donors (Lipinski definition) is 0. The minimum Gasteiger partial charge on any atom is -0.361 e. The van der Waals surface area contributed by atoms with E-state index < -0.39 is 0 Å². The number of thioether (sulfide) groups is 1. The fraction of sp³-hybridized carbons (Fsp3) is 0.167. The second-order valence-electron chi connectivity index (χ2n) is 5.59. The third kappa shape index (κ3) is 2.95. The number of benzene rings is 1. The molecule has 1 aromatic carbocycles. The number of thiophene rings is 1. The lowest BCUT2D eigenvalue weighted by Gasteiger charge is -2.05. The van der Waals surface area contributed by atoms with Gasteiger partial charge in [0, 0.05) is 22.8 Å². The Hall–Kier alpha value is -2.18. The molecular weight excluding hydrogens is 338 g/mol. The zero-order valence-electron chi connectivity index (χ0n) is 13.3. The monoisotopic (exact) mass is 353 g/mol. The van der Waals surface area contributed by atoms with E-state index >= 15 is 0 Å². The van der Waals surface area contributed by atoms with E-state index in [4.69, 9.17) is 4.52 Å². The van der Waals surface area contributed by atoms with Crippen LogP contribution in [0, 0.1) is 13.8 Å². The van der Waals surface area contributed by atoms with Gasteiger partial charge in [-0.3, -0.25) is 0 Å². The molecule has 0 radical (unpaired) electrons. The van der Waals surface area contributed by atoms with Crippen molar-refractivity contribution in [3.05, 3.63) is 59.1 Å². The molecule has 4 rings (SSSR count). The second kappa shape index (κ2) is 6.37. The summed E-state index contributed by atoms with van der Waals surface area (Å²) >= 11 is 3.32. The van der Waals surface area contributed by atoms with Gasteiger partial charge in [-0.25, -0.2) is 9.97 Å². The van der Waals surface area contributed by atoms with Crippen molar-refractivity contribution in [2.45, 2.75) is 24.6 Å². The Morgan fingerprint density at radius 3 is 2.71 bits per heavy atom. The maximum atomic E-state index is 5.14. The molecule has 0 saturated carbocycles. The molecule has 3 heterocycles. The van der Waals surface area contributed by atoms with Gasteiger partial charge in [0.25, 0.3) is 0 Å². The summed E-state index contributed by atoms with van der Waals surface area (Å²) in [5, 5.41) is 8.32. The maximum Gasteiger partial charge on any atom is 0.133 e. The topological polar surface area (TPSA) is 51.8 Å². The van der Waals surface area contributed by atoms with Crippen LogP contribution in [0.15, 0.2) is 51.6 Å². The van der Waals surface area contributed by atoms with Gasteiger partial charge in [-0.2, -0.15) is 0 Å². The molecule has 0 aliphatic rings. The minimum atomic E-state index is 0.729. The van der Waals surface area contributed by atoms with Crippen molar-refractivity contribution < 1.29 is 4.52 Å². The molecule has 0 aliphatic carbocycles. The average Bonchev–Trinajstić information content (AvgIpc) is 3.20. The Morgan fingerprint density at radius 2 is 1.96 bits per heavy atom. The lowest BCUT2D eigenvalue weighted by atomic mass is 10.1. The van der Waals surface area contributed by atoms with E-state index in [9.17, 15) is 0 Å². The molecule has 0 spiro atoms. The van der Waals surface area contributed by atoms with Gasteiger partial charge in [-0.15, -0.1) is 11.3 Å². The first-order chi connectivity index (χ1) is 11.7. The zero-order valence-corrected chi connectivity index (χ0v) is 14.9. The summed E-state index contributed by atoms with van der Waals surface area (Å²) in [7, 11) is 0. The molecular formula is C18H15N3OS2. The van der Waals surface area contributed by atoms with Crippen molar-refractivity contribution in [2.24, 2.45) is 0 Å². The van der Waals surface area contributed by atoms with E-state index in [0.29, 0.717) is 0 Å². The van der Waals surface area contributed by atoms with E-state index in [0.717, 1.165) is 32.4 Å². The summed E-state index contributed by atoms with van der Waals surface area (Å²) in [6.45, 7) is 4.00. The molecule has 0 saturated heterocycles. The Morgan fingerprint density at radius 1 is 1.12 bits per heavy atom. The lowest BCUT2D eigenvalue weighted by Crippen LogP contribution is -1.87. The van der Waals surface area contributed by atoms with Crippen LogP contribution in [0.5, 0.6) is 0 Å². The molecule has 120 valence electrons. The van der Waals surface area contributed by atoms with Gasteiger partial charge in [0.15, 0.2) is 0 Å². The summed E-state index contributed by atoms with van der Waals surface area (Å²) in [4.78, 5) is 9.94. The van der Waals surface area contributed by atoms with E-state index in [1.807, 2.05) is 13.0 Å². The van der Waals surface area contributed by atoms with E-state index in [2.05, 4.69) is 51.7 Å². The quantitative estimate of drug-likeness (QED) is 0.370. The highest BCUT2D eigenvalue weighted by Crippen LogP contribution is 2.38. The van der Waals surface area contributed by atoms with Crippen LogP contribution in [0.25, 0.3) is 21.3 Å². The Bertz CT molecular complexity index is 989. The molecule has 0 unspecified atom stereocenters. The summed E-state index contributed by atoms with van der Waals surface area (Å²) < 4.78 is 5.14. The van der Waals surface area contributed by atoms with Crippen molar-refractivity contribution in [2.75, 3.05) is 0 Å². The van der Waals surface area contributed by atoms with Gasteiger partial charge in [0.1, 0.15) is 21.9 Å². The summed E-state index contributed by atoms with van der Waals surface area (Å²) in [6, 6.07) is 10.5. The van der Waals surface area contributed by atoms with E-state index in [-0.39, 0.29) is 0 Å². The zero-order chi connectivity index (χ0) is 16.5. The highest BCUT2D eigenvalue weighted by atomic mass is 32.2. The summed E-state index contributed by atoms with van der Waals surface area (Å²) in [5.74, 6) is 1.56. The van der Waals surface area contributed by atoms with Gasteiger partial charge >= 0.3 is 0 Å². The van der Waals surface area contributed by atoms with E-state index in [1.54, 1.807) is 29.4 Å². The van der Waals surface area contributed by atoms with Crippen molar-refractivity contribution >= 4 is 33.3 Å². The van der Waals surface area contributed by atoms with Gasteiger partial charge in [0.05, 0.1) is 11.1 Å². The number of aromatic nitrogens is 3. The predicted molar refractivity (Wildman–Crippen MR) is 98.4 cm³/mol. The molecule has 0 aliphatic heterocycles. The molecule has 4 nitrogen and oxygen atoms in total. The van der Waals surface area contributed by atoms with Crippen LogP contribution >= 0.6 is 23.1 Å². The molecule has 6 heteroatoms. The fourth-order valence-electron chi connectivity index (χ4n) is 2.53. The molecule has 0 fully saturated rings. The highest BCUT2D eigenvalue weighted by Gasteiger charge is 2.14. The maximum absolute atomic E-state index is 5.14. The molecule has 0 atom stereocenters. The molecule has 0 amide bonds.